The minimum atomic E-state index is 0.994. The quantitative estimate of drug-likeness (QED) is 0.500. The lowest BCUT2D eigenvalue weighted by atomic mass is 9.90. The summed E-state index contributed by atoms with van der Waals surface area (Å²) in [7, 11) is 0. The van der Waals surface area contributed by atoms with E-state index in [2.05, 4.69) is 109 Å². The van der Waals surface area contributed by atoms with Crippen molar-refractivity contribution in [1.82, 2.24) is 0 Å². The smallest absolute Gasteiger partial charge is 0.198 e. The second-order valence-electron chi connectivity index (χ2n) is 7.89. The molecule has 3 heteroatoms. The molecule has 0 spiro atoms. The summed E-state index contributed by atoms with van der Waals surface area (Å²) in [5.41, 5.74) is 8.45. The fourth-order valence-corrected chi connectivity index (χ4v) is 3.57. The average molecular weight is 415 g/mol. The molecule has 0 bridgehead atoms. The minimum absolute atomic E-state index is 0.994. The van der Waals surface area contributed by atoms with Gasteiger partial charge in [-0.25, -0.2) is 4.99 Å². The van der Waals surface area contributed by atoms with Gasteiger partial charge in [0.25, 0.3) is 0 Å². The molecule has 0 saturated carbocycles. The molecule has 0 aromatic heterocycles. The number of hydrogen-bond donors (Lipinski definition) is 3. The molecule has 0 atom stereocenters. The Bertz CT molecular complexity index is 873. The molecule has 2 aromatic rings. The van der Waals surface area contributed by atoms with Crippen LogP contribution >= 0.6 is 0 Å². The van der Waals surface area contributed by atoms with Gasteiger partial charge in [-0.2, -0.15) is 0 Å². The van der Waals surface area contributed by atoms with Gasteiger partial charge in [0, 0.05) is 43.0 Å². The Hall–Kier alpha value is -3.07. The van der Waals surface area contributed by atoms with E-state index in [1.54, 1.807) is 0 Å². The lowest BCUT2D eigenvalue weighted by Gasteiger charge is -2.15. The molecule has 31 heavy (non-hydrogen) atoms. The van der Waals surface area contributed by atoms with Crippen molar-refractivity contribution >= 4 is 22.7 Å². The van der Waals surface area contributed by atoms with Crippen LogP contribution in [0.2, 0.25) is 0 Å². The molecule has 3 rings (SSSR count). The second kappa shape index (κ2) is 11.9. The Morgan fingerprint density at radius 3 is 1.55 bits per heavy atom. The van der Waals surface area contributed by atoms with Crippen LogP contribution in [-0.4, -0.2) is 25.3 Å². The van der Waals surface area contributed by atoms with Crippen LogP contribution in [0.1, 0.15) is 51.2 Å². The molecule has 3 nitrogen and oxygen atoms in total. The molecule has 162 valence electrons. The molecule has 3 N–H and O–H groups in total. The van der Waals surface area contributed by atoms with Crippen molar-refractivity contribution in [3.63, 3.8) is 0 Å². The van der Waals surface area contributed by atoms with Crippen LogP contribution in [0.3, 0.4) is 0 Å². The van der Waals surface area contributed by atoms with Gasteiger partial charge < -0.3 is 10.6 Å². The Kier molecular flexibility index (Phi) is 8.71. The summed E-state index contributed by atoms with van der Waals surface area (Å²) in [5.74, 6) is 0. The van der Waals surface area contributed by atoms with Crippen molar-refractivity contribution in [2.45, 2.75) is 40.0 Å². The highest BCUT2D eigenvalue weighted by atomic mass is 14.9. The molecule has 2 aromatic carbocycles. The van der Waals surface area contributed by atoms with E-state index in [4.69, 9.17) is 0 Å². The van der Waals surface area contributed by atoms with E-state index in [-0.39, 0.29) is 0 Å². The highest BCUT2D eigenvalue weighted by Crippen LogP contribution is 2.31. The second-order valence-corrected chi connectivity index (χ2v) is 7.89. The summed E-state index contributed by atoms with van der Waals surface area (Å²) in [6.45, 7) is 9.54. The Morgan fingerprint density at radius 2 is 1.13 bits per heavy atom. The van der Waals surface area contributed by atoms with Crippen LogP contribution in [0.4, 0.5) is 11.4 Å². The molecule has 1 aliphatic carbocycles. The van der Waals surface area contributed by atoms with Crippen LogP contribution in [0.5, 0.6) is 0 Å². The van der Waals surface area contributed by atoms with E-state index in [0.717, 1.165) is 38.9 Å². The average Bonchev–Trinajstić information content (AvgIpc) is 2.82. The molecular formula is C28H36N3+. The van der Waals surface area contributed by atoms with Gasteiger partial charge in [0.05, 0.1) is 0 Å². The zero-order chi connectivity index (χ0) is 21.9. The van der Waals surface area contributed by atoms with E-state index in [9.17, 15) is 0 Å². The standard InChI is InChI=1S/C28H35N3/c1-4-19-29-25-13-7-22(8-14-25)28(23-9-15-26(16-10-23)30-20-5-2)24-11-17-27(18-12-24)31-21-6-3/h7-18,29-30H,4-6,19-21H2,1-3H3/p+1. The van der Waals surface area contributed by atoms with E-state index in [1.807, 2.05) is 0 Å². The Morgan fingerprint density at radius 1 is 0.645 bits per heavy atom. The van der Waals surface area contributed by atoms with Gasteiger partial charge in [0.2, 0.25) is 0 Å². The highest BCUT2D eigenvalue weighted by molar-refractivity contribution is 6.03. The monoisotopic (exact) mass is 414 g/mol. The summed E-state index contributed by atoms with van der Waals surface area (Å²) < 4.78 is 0. The number of rotatable bonds is 10. The summed E-state index contributed by atoms with van der Waals surface area (Å²) in [5, 5.41) is 6.94. The van der Waals surface area contributed by atoms with E-state index in [0.29, 0.717) is 0 Å². The first-order chi connectivity index (χ1) is 15.2. The molecule has 0 amide bonds. The molecule has 1 aliphatic rings. The van der Waals surface area contributed by atoms with Crippen molar-refractivity contribution in [2.24, 2.45) is 0 Å². The first-order valence-electron chi connectivity index (χ1n) is 11.6. The maximum Gasteiger partial charge on any atom is 0.198 e. The van der Waals surface area contributed by atoms with Gasteiger partial charge >= 0.3 is 0 Å². The molecular weight excluding hydrogens is 378 g/mol. The van der Waals surface area contributed by atoms with Gasteiger partial charge in [-0.05, 0) is 71.5 Å². The molecule has 0 aliphatic heterocycles. The number of allylic oxidation sites excluding steroid dienone is 5. The maximum absolute atomic E-state index is 3.47. The maximum atomic E-state index is 3.47. The first-order valence-corrected chi connectivity index (χ1v) is 11.6. The van der Waals surface area contributed by atoms with Crippen LogP contribution in [0.25, 0.3) is 5.57 Å². The lowest BCUT2D eigenvalue weighted by molar-refractivity contribution is -0.455. The normalized spacial score (nSPS) is 12.7. The number of anilines is 2. The Labute approximate surface area is 187 Å². The molecule has 0 fully saturated rings. The largest absolute Gasteiger partial charge is 0.385 e. The summed E-state index contributed by atoms with van der Waals surface area (Å²) in [6.07, 6.45) is 12.2. The number of hydrogen-bond acceptors (Lipinski definition) is 2. The van der Waals surface area contributed by atoms with Crippen LogP contribution in [-0.2, 0) is 0 Å². The van der Waals surface area contributed by atoms with E-state index < -0.39 is 0 Å². The van der Waals surface area contributed by atoms with Gasteiger partial charge in [-0.3, -0.25) is 0 Å². The van der Waals surface area contributed by atoms with Crippen molar-refractivity contribution in [3.05, 3.63) is 89.5 Å². The van der Waals surface area contributed by atoms with Crippen LogP contribution in [0, 0.1) is 0 Å². The number of nitrogens with one attached hydrogen (secondary N) is 3. The molecule has 0 unspecified atom stereocenters. The fraction of sp³-hybridized carbons (Fsp3) is 0.321. The SMILES string of the molecule is CCCNc1ccc(C(=C2C=CC(=[NH+]CCC)C=C2)c2ccc(NCCC)cc2)cc1. The summed E-state index contributed by atoms with van der Waals surface area (Å²) in [6, 6.07) is 17.6. The summed E-state index contributed by atoms with van der Waals surface area (Å²) in [4.78, 5) is 3.47. The first kappa shape index (κ1) is 22.6. The zero-order valence-corrected chi connectivity index (χ0v) is 19.2. The van der Waals surface area contributed by atoms with Crippen LogP contribution in [0.15, 0.2) is 78.4 Å². The van der Waals surface area contributed by atoms with Crippen molar-refractivity contribution in [3.8, 4) is 0 Å². The zero-order valence-electron chi connectivity index (χ0n) is 19.2. The highest BCUT2D eigenvalue weighted by Gasteiger charge is 2.13. The predicted octanol–water partition coefficient (Wildman–Crippen LogP) is 5.19. The third-order valence-electron chi connectivity index (χ3n) is 5.26. The lowest BCUT2D eigenvalue weighted by Crippen LogP contribution is -2.72. The van der Waals surface area contributed by atoms with Crippen LogP contribution < -0.4 is 15.6 Å². The van der Waals surface area contributed by atoms with Crippen molar-refractivity contribution in [1.29, 1.82) is 0 Å². The molecule has 0 saturated heterocycles. The van der Waals surface area contributed by atoms with E-state index in [1.165, 1.54) is 39.4 Å². The fourth-order valence-electron chi connectivity index (χ4n) is 3.57. The number of benzene rings is 2. The third kappa shape index (κ3) is 6.45. The third-order valence-corrected chi connectivity index (χ3v) is 5.26. The summed E-state index contributed by atoms with van der Waals surface area (Å²) >= 11 is 0. The molecule has 0 radical (unpaired) electrons. The minimum Gasteiger partial charge on any atom is -0.385 e. The van der Waals surface area contributed by atoms with Gasteiger partial charge in [-0.1, -0.05) is 45.0 Å². The van der Waals surface area contributed by atoms with Crippen molar-refractivity contribution in [2.75, 3.05) is 30.3 Å². The Balaban J connectivity index is 1.96. The van der Waals surface area contributed by atoms with Gasteiger partial charge in [-0.15, -0.1) is 0 Å². The predicted molar refractivity (Wildman–Crippen MR) is 136 cm³/mol. The van der Waals surface area contributed by atoms with E-state index >= 15 is 0 Å². The van der Waals surface area contributed by atoms with Gasteiger partial charge in [0.1, 0.15) is 6.54 Å². The molecule has 0 heterocycles. The topological polar surface area (TPSA) is 38.0 Å². The van der Waals surface area contributed by atoms with Gasteiger partial charge in [0.15, 0.2) is 5.71 Å². The van der Waals surface area contributed by atoms with Crippen molar-refractivity contribution < 1.29 is 4.99 Å².